The zero-order valence-corrected chi connectivity index (χ0v) is 7.78. The minimum Gasteiger partial charge on any atom is -0.324 e. The lowest BCUT2D eigenvalue weighted by Crippen LogP contribution is -2.08. The van der Waals surface area contributed by atoms with E-state index >= 15 is 0 Å². The van der Waals surface area contributed by atoms with Crippen molar-refractivity contribution in [2.24, 2.45) is 5.73 Å². The predicted octanol–water partition coefficient (Wildman–Crippen LogP) is 2.27. The molecule has 13 heavy (non-hydrogen) atoms. The summed E-state index contributed by atoms with van der Waals surface area (Å²) in [5.74, 6) is 0. The van der Waals surface area contributed by atoms with E-state index in [1.54, 1.807) is 13.0 Å². The van der Waals surface area contributed by atoms with Crippen molar-refractivity contribution in [3.63, 3.8) is 0 Å². The van der Waals surface area contributed by atoms with E-state index in [-0.39, 0.29) is 5.69 Å². The highest BCUT2D eigenvalue weighted by Crippen LogP contribution is 2.30. The van der Waals surface area contributed by atoms with Crippen LogP contribution in [0.2, 0.25) is 5.02 Å². The second-order valence-corrected chi connectivity index (χ2v) is 3.13. The molecule has 5 heteroatoms. The summed E-state index contributed by atoms with van der Waals surface area (Å²) in [5, 5.41) is 10.9. The fourth-order valence-corrected chi connectivity index (χ4v) is 1.48. The van der Waals surface area contributed by atoms with Crippen molar-refractivity contribution >= 4 is 17.3 Å². The smallest absolute Gasteiger partial charge is 0.275 e. The number of nitrogens with two attached hydrogens (primary N) is 1. The summed E-state index contributed by atoms with van der Waals surface area (Å²) in [4.78, 5) is 10.1. The molecular weight excluding hydrogens is 192 g/mol. The maximum absolute atomic E-state index is 10.6. The fraction of sp³-hybridized carbons (Fsp3) is 0.250. The van der Waals surface area contributed by atoms with Gasteiger partial charge in [0.2, 0.25) is 0 Å². The average Bonchev–Trinajstić information content (AvgIpc) is 2.02. The van der Waals surface area contributed by atoms with Crippen LogP contribution in [0.3, 0.4) is 0 Å². The third-order valence-electron chi connectivity index (χ3n) is 1.68. The Hall–Kier alpha value is -1.13. The summed E-state index contributed by atoms with van der Waals surface area (Å²) >= 11 is 5.78. The zero-order valence-electron chi connectivity index (χ0n) is 7.03. The van der Waals surface area contributed by atoms with E-state index in [4.69, 9.17) is 17.3 Å². The summed E-state index contributed by atoms with van der Waals surface area (Å²) in [6.07, 6.45) is 0. The van der Waals surface area contributed by atoms with Gasteiger partial charge in [-0.3, -0.25) is 10.1 Å². The largest absolute Gasteiger partial charge is 0.324 e. The summed E-state index contributed by atoms with van der Waals surface area (Å²) in [7, 11) is 0. The Labute approximate surface area is 80.5 Å². The first kappa shape index (κ1) is 9.95. The number of halogens is 1. The molecule has 0 bridgehead atoms. The summed E-state index contributed by atoms with van der Waals surface area (Å²) in [6, 6.07) is 4.08. The van der Waals surface area contributed by atoms with Gasteiger partial charge in [0, 0.05) is 12.1 Å². The van der Waals surface area contributed by atoms with Gasteiger partial charge in [-0.2, -0.15) is 0 Å². The predicted molar refractivity (Wildman–Crippen MR) is 50.7 cm³/mol. The topological polar surface area (TPSA) is 69.2 Å². The number of hydrogen-bond acceptors (Lipinski definition) is 3. The molecule has 1 aromatic rings. The summed E-state index contributed by atoms with van der Waals surface area (Å²) in [6.45, 7) is 1.66. The molecule has 0 saturated carbocycles. The number of rotatable bonds is 2. The molecule has 0 aromatic heterocycles. The minimum absolute atomic E-state index is 0.0255. The SMILES string of the molecule is C[C@H](N)c1c(Cl)cccc1[N+](=O)[O-]. The molecule has 70 valence electrons. The highest BCUT2D eigenvalue weighted by Gasteiger charge is 2.18. The number of nitro groups is 1. The lowest BCUT2D eigenvalue weighted by Gasteiger charge is -2.07. The Morgan fingerprint density at radius 2 is 2.23 bits per heavy atom. The Bertz CT molecular complexity index is 339. The standard InChI is InChI=1S/C8H9ClN2O2/c1-5(10)8-6(9)3-2-4-7(8)11(12)13/h2-5H,10H2,1H3/t5-/m0/s1. The highest BCUT2D eigenvalue weighted by molar-refractivity contribution is 6.31. The van der Waals surface area contributed by atoms with Crippen LogP contribution in [0.1, 0.15) is 18.5 Å². The lowest BCUT2D eigenvalue weighted by atomic mass is 10.1. The van der Waals surface area contributed by atoms with Gasteiger partial charge >= 0.3 is 0 Å². The number of hydrogen-bond donors (Lipinski definition) is 1. The van der Waals surface area contributed by atoms with Crippen molar-refractivity contribution < 1.29 is 4.92 Å². The molecule has 0 unspecified atom stereocenters. The third-order valence-corrected chi connectivity index (χ3v) is 2.01. The van der Waals surface area contributed by atoms with Gasteiger partial charge in [0.1, 0.15) is 0 Å². The Balaban J connectivity index is 3.34. The molecule has 0 saturated heterocycles. The van der Waals surface area contributed by atoms with Crippen molar-refractivity contribution in [2.75, 3.05) is 0 Å². The van der Waals surface area contributed by atoms with Gasteiger partial charge < -0.3 is 5.73 Å². The lowest BCUT2D eigenvalue weighted by molar-refractivity contribution is -0.385. The van der Waals surface area contributed by atoms with Gasteiger partial charge in [-0.15, -0.1) is 0 Å². The molecule has 0 radical (unpaired) electrons. The quantitative estimate of drug-likeness (QED) is 0.588. The average molecular weight is 201 g/mol. The van der Waals surface area contributed by atoms with Crippen LogP contribution >= 0.6 is 11.6 Å². The first-order chi connectivity index (χ1) is 6.04. The van der Waals surface area contributed by atoms with Crippen molar-refractivity contribution in [1.29, 1.82) is 0 Å². The van der Waals surface area contributed by atoms with Crippen LogP contribution < -0.4 is 5.73 Å². The van der Waals surface area contributed by atoms with Crippen LogP contribution in [0.4, 0.5) is 5.69 Å². The Morgan fingerprint density at radius 3 is 2.62 bits per heavy atom. The van der Waals surface area contributed by atoms with Gasteiger partial charge in [-0.25, -0.2) is 0 Å². The number of nitro benzene ring substituents is 1. The van der Waals surface area contributed by atoms with Crippen molar-refractivity contribution in [3.05, 3.63) is 38.9 Å². The van der Waals surface area contributed by atoms with E-state index in [1.165, 1.54) is 12.1 Å². The van der Waals surface area contributed by atoms with E-state index in [9.17, 15) is 10.1 Å². The molecule has 0 aliphatic carbocycles. The first-order valence-corrected chi connectivity index (χ1v) is 4.10. The normalized spacial score (nSPS) is 12.5. The van der Waals surface area contributed by atoms with E-state index in [1.807, 2.05) is 0 Å². The second-order valence-electron chi connectivity index (χ2n) is 2.72. The van der Waals surface area contributed by atoms with Crippen LogP contribution in [-0.2, 0) is 0 Å². The molecule has 0 fully saturated rings. The fourth-order valence-electron chi connectivity index (χ4n) is 1.14. The molecule has 1 aromatic carbocycles. The number of nitrogens with zero attached hydrogens (tertiary/aromatic N) is 1. The van der Waals surface area contributed by atoms with Gasteiger partial charge in [0.05, 0.1) is 15.5 Å². The van der Waals surface area contributed by atoms with Crippen LogP contribution in [0.5, 0.6) is 0 Å². The molecule has 0 aliphatic heterocycles. The molecular formula is C8H9ClN2O2. The second kappa shape index (κ2) is 3.72. The van der Waals surface area contributed by atoms with Gasteiger partial charge in [0.25, 0.3) is 5.69 Å². The van der Waals surface area contributed by atoms with Gasteiger partial charge in [-0.1, -0.05) is 17.7 Å². The summed E-state index contributed by atoms with van der Waals surface area (Å²) < 4.78 is 0. The van der Waals surface area contributed by atoms with E-state index in [0.29, 0.717) is 10.6 Å². The van der Waals surface area contributed by atoms with Crippen molar-refractivity contribution in [2.45, 2.75) is 13.0 Å². The van der Waals surface area contributed by atoms with E-state index in [2.05, 4.69) is 0 Å². The van der Waals surface area contributed by atoms with Crippen LogP contribution in [0.25, 0.3) is 0 Å². The zero-order chi connectivity index (χ0) is 10.0. The molecule has 0 amide bonds. The molecule has 1 rings (SSSR count). The maximum Gasteiger partial charge on any atom is 0.275 e. The van der Waals surface area contributed by atoms with E-state index in [0.717, 1.165) is 0 Å². The highest BCUT2D eigenvalue weighted by atomic mass is 35.5. The van der Waals surface area contributed by atoms with Crippen molar-refractivity contribution in [3.8, 4) is 0 Å². The third kappa shape index (κ3) is 1.96. The van der Waals surface area contributed by atoms with Crippen LogP contribution in [-0.4, -0.2) is 4.92 Å². The van der Waals surface area contributed by atoms with E-state index < -0.39 is 11.0 Å². The molecule has 4 nitrogen and oxygen atoms in total. The Morgan fingerprint density at radius 1 is 1.62 bits per heavy atom. The molecule has 0 heterocycles. The molecule has 2 N–H and O–H groups in total. The summed E-state index contributed by atoms with van der Waals surface area (Å²) in [5.41, 5.74) is 5.92. The van der Waals surface area contributed by atoms with Gasteiger partial charge in [-0.05, 0) is 13.0 Å². The van der Waals surface area contributed by atoms with Gasteiger partial charge in [0.15, 0.2) is 0 Å². The Kier molecular flexibility index (Phi) is 2.85. The maximum atomic E-state index is 10.6. The molecule has 0 aliphatic rings. The first-order valence-electron chi connectivity index (χ1n) is 3.72. The molecule has 0 spiro atoms. The monoisotopic (exact) mass is 200 g/mol. The van der Waals surface area contributed by atoms with Crippen LogP contribution in [0, 0.1) is 10.1 Å². The van der Waals surface area contributed by atoms with Crippen LogP contribution in [0.15, 0.2) is 18.2 Å². The van der Waals surface area contributed by atoms with Crippen molar-refractivity contribution in [1.82, 2.24) is 0 Å². The minimum atomic E-state index is -0.482. The molecule has 1 atom stereocenters. The number of benzene rings is 1.